The molecule has 0 heterocycles. The largest absolute Gasteiger partial charge is 0.112 e. The van der Waals surface area contributed by atoms with Crippen LogP contribution in [0, 0.1) is 0 Å². The molecule has 40 valence electrons. The molecule has 2 nitrogen and oxygen atoms in total. The lowest BCUT2D eigenvalue weighted by molar-refractivity contribution is 1.56. The molecule has 0 spiro atoms. The zero-order valence-electron chi connectivity index (χ0n) is 3.89. The molecule has 0 radical (unpaired) electrons. The van der Waals surface area contributed by atoms with E-state index in [0.29, 0.717) is 0 Å². The lowest BCUT2D eigenvalue weighted by Gasteiger charge is -1.81. The summed E-state index contributed by atoms with van der Waals surface area (Å²) in [5.74, 6) is 0. The van der Waals surface area contributed by atoms with Gasteiger partial charge in [0.25, 0.3) is 0 Å². The van der Waals surface area contributed by atoms with E-state index in [4.69, 9.17) is 0 Å². The van der Waals surface area contributed by atoms with Crippen molar-refractivity contribution in [3.05, 3.63) is 11.5 Å². The van der Waals surface area contributed by atoms with E-state index in [0.717, 1.165) is 4.91 Å². The smallest absolute Gasteiger partial charge is 0.110 e. The maximum absolute atomic E-state index is 3.60. The Morgan fingerprint density at radius 1 is 1.86 bits per heavy atom. The summed E-state index contributed by atoms with van der Waals surface area (Å²) in [7, 11) is 0. The van der Waals surface area contributed by atoms with Crippen molar-refractivity contribution in [1.82, 2.24) is 0 Å². The van der Waals surface area contributed by atoms with Gasteiger partial charge in [0, 0.05) is 11.9 Å². The van der Waals surface area contributed by atoms with Gasteiger partial charge in [0.05, 0.1) is 0 Å². The molecule has 0 N–H and O–H groups in total. The van der Waals surface area contributed by atoms with Gasteiger partial charge in [-0.25, -0.2) is 0 Å². The molecule has 0 bridgehead atoms. The first-order chi connectivity index (χ1) is 3.27. The quantitative estimate of drug-likeness (QED) is 0.405. The minimum Gasteiger partial charge on any atom is -0.110 e. The molecule has 0 atom stereocenters. The van der Waals surface area contributed by atoms with Crippen LogP contribution < -0.4 is 0 Å². The first kappa shape index (κ1) is 7.42. The Bertz CT molecular complexity index is 90.9. The standard InChI is InChI=1S/C3H5IN2S/c1-3(2)7-6-5-4/h1H2,2H3. The first-order valence-corrected chi connectivity index (χ1v) is 3.35. The maximum atomic E-state index is 3.60. The number of hydrogen-bond acceptors (Lipinski definition) is 3. The van der Waals surface area contributed by atoms with Crippen molar-refractivity contribution in [2.24, 2.45) is 7.85 Å². The third kappa shape index (κ3) is 6.42. The summed E-state index contributed by atoms with van der Waals surface area (Å²) in [6.45, 7) is 5.48. The third-order valence-electron chi connectivity index (χ3n) is 0.228. The number of hydrogen-bond donors (Lipinski definition) is 0. The van der Waals surface area contributed by atoms with Crippen LogP contribution in [0.5, 0.6) is 0 Å². The highest BCUT2D eigenvalue weighted by Crippen LogP contribution is 2.13. The fourth-order valence-electron chi connectivity index (χ4n) is 0.0851. The average Bonchev–Trinajstić information content (AvgIpc) is 1.61. The molecule has 0 aromatic heterocycles. The Morgan fingerprint density at radius 3 is 2.57 bits per heavy atom. The van der Waals surface area contributed by atoms with Crippen LogP contribution in [0.25, 0.3) is 0 Å². The highest BCUT2D eigenvalue weighted by molar-refractivity contribution is 14.1. The summed E-state index contributed by atoms with van der Waals surface area (Å²) >= 11 is 3.10. The molecular weight excluding hydrogens is 223 g/mol. The molecule has 0 aromatic rings. The van der Waals surface area contributed by atoms with Crippen LogP contribution in [0.15, 0.2) is 19.3 Å². The normalized spacial score (nSPS) is 10.0. The van der Waals surface area contributed by atoms with Crippen molar-refractivity contribution in [2.45, 2.75) is 6.92 Å². The van der Waals surface area contributed by atoms with Crippen LogP contribution in [0.3, 0.4) is 0 Å². The molecular formula is C3H5IN2S. The Kier molecular flexibility index (Phi) is 4.85. The van der Waals surface area contributed by atoms with E-state index in [-0.39, 0.29) is 0 Å². The molecule has 4 heteroatoms. The molecule has 0 aliphatic carbocycles. The predicted octanol–water partition coefficient (Wildman–Crippen LogP) is 2.97. The lowest BCUT2D eigenvalue weighted by atomic mass is 10.8. The Morgan fingerprint density at radius 2 is 2.43 bits per heavy atom. The Labute approximate surface area is 61.1 Å². The topological polar surface area (TPSA) is 24.7 Å². The predicted molar refractivity (Wildman–Crippen MR) is 41.3 cm³/mol. The lowest BCUT2D eigenvalue weighted by Crippen LogP contribution is -1.49. The number of rotatable bonds is 2. The second kappa shape index (κ2) is 4.58. The second-order valence-corrected chi connectivity index (χ2v) is 2.42. The monoisotopic (exact) mass is 228 g/mol. The molecule has 0 aromatic carbocycles. The number of allylic oxidation sites excluding steroid dienone is 1. The van der Waals surface area contributed by atoms with Crippen LogP contribution in [0.4, 0.5) is 0 Å². The average molecular weight is 228 g/mol. The van der Waals surface area contributed by atoms with Crippen molar-refractivity contribution in [1.29, 1.82) is 0 Å². The molecule has 0 saturated heterocycles. The summed E-state index contributed by atoms with van der Waals surface area (Å²) in [5, 5.41) is 0. The Balaban J connectivity index is 3.14. The van der Waals surface area contributed by atoms with Crippen molar-refractivity contribution >= 4 is 34.8 Å². The highest BCUT2D eigenvalue weighted by atomic mass is 127. The van der Waals surface area contributed by atoms with Gasteiger partial charge < -0.3 is 0 Å². The zero-order chi connectivity index (χ0) is 5.70. The molecule has 0 fully saturated rings. The molecule has 0 aliphatic rings. The first-order valence-electron chi connectivity index (χ1n) is 1.61. The van der Waals surface area contributed by atoms with E-state index in [2.05, 4.69) is 14.4 Å². The molecule has 0 unspecified atom stereocenters. The van der Waals surface area contributed by atoms with Crippen LogP contribution in [-0.4, -0.2) is 0 Å². The fourth-order valence-corrected chi connectivity index (χ4v) is 0.520. The van der Waals surface area contributed by atoms with Crippen LogP contribution in [0.2, 0.25) is 0 Å². The van der Waals surface area contributed by atoms with Gasteiger partial charge in [-0.1, -0.05) is 6.58 Å². The van der Waals surface area contributed by atoms with Gasteiger partial charge in [-0.05, 0) is 11.8 Å². The molecule has 0 aliphatic heterocycles. The van der Waals surface area contributed by atoms with Crippen molar-refractivity contribution in [3.8, 4) is 0 Å². The minimum absolute atomic E-state index is 0.959. The third-order valence-corrected chi connectivity index (χ3v) is 1.21. The molecule has 0 amide bonds. The van der Waals surface area contributed by atoms with Gasteiger partial charge in [0.1, 0.15) is 22.9 Å². The van der Waals surface area contributed by atoms with Crippen molar-refractivity contribution in [2.75, 3.05) is 0 Å². The fraction of sp³-hybridized carbons (Fsp3) is 0.333. The summed E-state index contributed by atoms with van der Waals surface area (Å²) in [4.78, 5) is 0.959. The number of halogens is 1. The van der Waals surface area contributed by atoms with Crippen LogP contribution in [-0.2, 0) is 0 Å². The highest BCUT2D eigenvalue weighted by Gasteiger charge is 1.77. The van der Waals surface area contributed by atoms with E-state index in [9.17, 15) is 0 Å². The number of nitrogens with zero attached hydrogens (tertiary/aromatic N) is 2. The van der Waals surface area contributed by atoms with E-state index in [1.54, 1.807) is 0 Å². The molecule has 0 rings (SSSR count). The minimum atomic E-state index is 0.959. The van der Waals surface area contributed by atoms with E-state index >= 15 is 0 Å². The van der Waals surface area contributed by atoms with Gasteiger partial charge in [-0.2, -0.15) is 0 Å². The SMILES string of the molecule is C=C(C)SN=NI. The van der Waals surface area contributed by atoms with Gasteiger partial charge >= 0.3 is 0 Å². The molecule has 0 saturated carbocycles. The van der Waals surface area contributed by atoms with Crippen molar-refractivity contribution < 1.29 is 0 Å². The summed E-state index contributed by atoms with van der Waals surface area (Å²) in [5.41, 5.74) is 0. The van der Waals surface area contributed by atoms with Gasteiger partial charge in [0.2, 0.25) is 0 Å². The van der Waals surface area contributed by atoms with Crippen LogP contribution >= 0.6 is 34.8 Å². The van der Waals surface area contributed by atoms with Crippen molar-refractivity contribution in [3.63, 3.8) is 0 Å². The van der Waals surface area contributed by atoms with E-state index in [1.165, 1.54) is 11.9 Å². The van der Waals surface area contributed by atoms with E-state index < -0.39 is 0 Å². The van der Waals surface area contributed by atoms with Gasteiger partial charge in [0.15, 0.2) is 0 Å². The van der Waals surface area contributed by atoms with Gasteiger partial charge in [-0.15, -0.1) is 7.85 Å². The molecule has 7 heavy (non-hydrogen) atoms. The van der Waals surface area contributed by atoms with Crippen LogP contribution in [0.1, 0.15) is 6.92 Å². The summed E-state index contributed by atoms with van der Waals surface area (Å²) in [6.07, 6.45) is 0. The zero-order valence-corrected chi connectivity index (χ0v) is 6.86. The van der Waals surface area contributed by atoms with Gasteiger partial charge in [-0.3, -0.25) is 0 Å². The summed E-state index contributed by atoms with van der Waals surface area (Å²) in [6, 6.07) is 0. The second-order valence-electron chi connectivity index (χ2n) is 0.951. The summed E-state index contributed by atoms with van der Waals surface area (Å²) < 4.78 is 7.07. The maximum Gasteiger partial charge on any atom is 0.112 e. The van der Waals surface area contributed by atoms with E-state index in [1.807, 2.05) is 29.8 Å². The Hall–Kier alpha value is 0.420.